The van der Waals surface area contributed by atoms with Crippen LogP contribution in [-0.2, 0) is 12.8 Å². The van der Waals surface area contributed by atoms with E-state index in [4.69, 9.17) is 12.2 Å². The zero-order chi connectivity index (χ0) is 11.7. The van der Waals surface area contributed by atoms with Crippen molar-refractivity contribution in [3.63, 3.8) is 0 Å². The summed E-state index contributed by atoms with van der Waals surface area (Å²) >= 11 is 5.04. The van der Waals surface area contributed by atoms with Gasteiger partial charge >= 0.3 is 0 Å². The molecule has 1 radical (unpaired) electrons. The first-order valence-corrected chi connectivity index (χ1v) is 6.53. The van der Waals surface area contributed by atoms with Crippen molar-refractivity contribution in [1.82, 2.24) is 10.6 Å². The summed E-state index contributed by atoms with van der Waals surface area (Å²) in [6.07, 6.45) is 6.64. The lowest BCUT2D eigenvalue weighted by Crippen LogP contribution is -2.18. The lowest BCUT2D eigenvalue weighted by atomic mass is 9.96. The first kappa shape index (κ1) is 10.8. The highest BCUT2D eigenvalue weighted by atomic mass is 32.1. The van der Waals surface area contributed by atoms with E-state index in [-0.39, 0.29) is 0 Å². The molecule has 87 valence electrons. The Bertz CT molecular complexity index is 452. The Morgan fingerprint density at radius 1 is 1.12 bits per heavy atom. The van der Waals surface area contributed by atoms with Crippen molar-refractivity contribution in [1.29, 1.82) is 0 Å². The van der Waals surface area contributed by atoms with Crippen molar-refractivity contribution in [3.8, 4) is 0 Å². The molecule has 1 aliphatic heterocycles. The van der Waals surface area contributed by atoms with Gasteiger partial charge in [0, 0.05) is 12.1 Å². The number of benzene rings is 1. The van der Waals surface area contributed by atoms with Crippen LogP contribution in [0, 0.1) is 5.92 Å². The highest BCUT2D eigenvalue weighted by Gasteiger charge is 2.23. The molecule has 0 spiro atoms. The standard InChI is InChI=1S/C14H15N2S/c17-14-15-9-13(16-14)12-7-5-10-3-1-2-4-11(10)6-8-12/h1-4,9,12H,5-8H2,(H,15,17). The Balaban J connectivity index is 1.75. The zero-order valence-corrected chi connectivity index (χ0v) is 10.5. The average molecular weight is 243 g/mol. The number of rotatable bonds is 1. The topological polar surface area (TPSA) is 26.1 Å². The van der Waals surface area contributed by atoms with Gasteiger partial charge < -0.3 is 5.32 Å². The van der Waals surface area contributed by atoms with E-state index in [9.17, 15) is 0 Å². The third-order valence-electron chi connectivity index (χ3n) is 3.64. The molecular formula is C14H15N2S. The van der Waals surface area contributed by atoms with Crippen LogP contribution >= 0.6 is 12.2 Å². The molecule has 0 amide bonds. The lowest BCUT2D eigenvalue weighted by molar-refractivity contribution is 0.520. The van der Waals surface area contributed by atoms with Gasteiger partial charge in [-0.2, -0.15) is 0 Å². The molecule has 0 unspecified atom stereocenters. The third kappa shape index (κ3) is 2.20. The second kappa shape index (κ2) is 4.49. The van der Waals surface area contributed by atoms with Gasteiger partial charge in [-0.15, -0.1) is 0 Å². The highest BCUT2D eigenvalue weighted by molar-refractivity contribution is 7.80. The van der Waals surface area contributed by atoms with Crippen LogP contribution in [0.4, 0.5) is 0 Å². The van der Waals surface area contributed by atoms with Crippen molar-refractivity contribution in [2.75, 3.05) is 0 Å². The number of nitrogens with zero attached hydrogens (tertiary/aromatic N) is 1. The van der Waals surface area contributed by atoms with Gasteiger partial charge in [-0.3, -0.25) is 0 Å². The molecule has 17 heavy (non-hydrogen) atoms. The Morgan fingerprint density at radius 3 is 2.29 bits per heavy atom. The maximum Gasteiger partial charge on any atom is 0.197 e. The molecule has 1 aromatic rings. The quantitative estimate of drug-likeness (QED) is 0.606. The molecule has 0 fully saturated rings. The van der Waals surface area contributed by atoms with Crippen molar-refractivity contribution < 1.29 is 0 Å². The highest BCUT2D eigenvalue weighted by Crippen LogP contribution is 2.29. The number of hydrogen-bond donors (Lipinski definition) is 1. The second-order valence-corrected chi connectivity index (χ2v) is 5.06. The fourth-order valence-electron chi connectivity index (χ4n) is 2.67. The number of nitrogens with one attached hydrogen (secondary N) is 1. The van der Waals surface area contributed by atoms with Gasteiger partial charge in [0.05, 0.1) is 5.70 Å². The van der Waals surface area contributed by atoms with E-state index in [0.29, 0.717) is 11.0 Å². The molecule has 0 bridgehead atoms. The summed E-state index contributed by atoms with van der Waals surface area (Å²) in [7, 11) is 0. The molecule has 3 rings (SSSR count). The Hall–Kier alpha value is -1.35. The summed E-state index contributed by atoms with van der Waals surface area (Å²) in [6.45, 7) is 0. The molecule has 0 atom stereocenters. The van der Waals surface area contributed by atoms with Crippen LogP contribution in [-0.4, -0.2) is 5.11 Å². The van der Waals surface area contributed by atoms with E-state index in [1.165, 1.54) is 24.0 Å². The molecule has 0 saturated heterocycles. The minimum atomic E-state index is 0.551. The Kier molecular flexibility index (Phi) is 2.85. The Labute approximate surface area is 107 Å². The molecule has 1 aliphatic carbocycles. The van der Waals surface area contributed by atoms with Gasteiger partial charge in [-0.25, -0.2) is 5.32 Å². The number of aryl methyl sites for hydroxylation is 2. The van der Waals surface area contributed by atoms with Crippen molar-refractivity contribution >= 4 is 17.3 Å². The van der Waals surface area contributed by atoms with E-state index >= 15 is 0 Å². The van der Waals surface area contributed by atoms with Gasteiger partial charge in [-0.1, -0.05) is 24.3 Å². The molecule has 0 aromatic heterocycles. The summed E-state index contributed by atoms with van der Waals surface area (Å²) < 4.78 is 0. The average Bonchev–Trinajstić information content (AvgIpc) is 2.66. The predicted molar refractivity (Wildman–Crippen MR) is 72.5 cm³/mol. The van der Waals surface area contributed by atoms with E-state index in [2.05, 4.69) is 34.9 Å². The summed E-state index contributed by atoms with van der Waals surface area (Å²) in [6, 6.07) is 8.77. The van der Waals surface area contributed by atoms with Crippen LogP contribution < -0.4 is 10.6 Å². The molecule has 1 aromatic carbocycles. The largest absolute Gasteiger partial charge is 0.336 e. The second-order valence-electron chi connectivity index (χ2n) is 4.67. The van der Waals surface area contributed by atoms with Crippen LogP contribution in [0.3, 0.4) is 0 Å². The van der Waals surface area contributed by atoms with E-state index in [1.54, 1.807) is 0 Å². The van der Waals surface area contributed by atoms with Gasteiger partial charge in [0.15, 0.2) is 5.11 Å². The minimum absolute atomic E-state index is 0.551. The molecule has 1 N–H and O–H groups in total. The molecule has 1 heterocycles. The number of thiocarbonyl (C=S) groups is 1. The van der Waals surface area contributed by atoms with E-state index in [1.807, 2.05) is 6.20 Å². The number of fused-ring (bicyclic) bond motifs is 1. The summed E-state index contributed by atoms with van der Waals surface area (Å²) in [5.74, 6) is 0.551. The van der Waals surface area contributed by atoms with E-state index in [0.717, 1.165) is 18.5 Å². The fraction of sp³-hybridized carbons (Fsp3) is 0.357. The van der Waals surface area contributed by atoms with Crippen molar-refractivity contribution in [2.45, 2.75) is 25.7 Å². The van der Waals surface area contributed by atoms with Crippen LogP contribution in [0.15, 0.2) is 36.2 Å². The monoisotopic (exact) mass is 243 g/mol. The maximum atomic E-state index is 5.04. The molecule has 3 heteroatoms. The summed E-state index contributed by atoms with van der Waals surface area (Å²) in [5.41, 5.74) is 4.15. The normalized spacial score (nSPS) is 20.0. The minimum Gasteiger partial charge on any atom is -0.336 e. The first-order chi connectivity index (χ1) is 8.33. The van der Waals surface area contributed by atoms with Gasteiger partial charge in [0.1, 0.15) is 0 Å². The first-order valence-electron chi connectivity index (χ1n) is 6.12. The fourth-order valence-corrected chi connectivity index (χ4v) is 2.84. The van der Waals surface area contributed by atoms with Crippen LogP contribution in [0.25, 0.3) is 0 Å². The molecule has 2 aliphatic rings. The predicted octanol–water partition coefficient (Wildman–Crippen LogP) is 2.52. The van der Waals surface area contributed by atoms with E-state index < -0.39 is 0 Å². The number of hydrogen-bond acceptors (Lipinski definition) is 1. The molecular weight excluding hydrogens is 228 g/mol. The molecule has 2 nitrogen and oxygen atoms in total. The van der Waals surface area contributed by atoms with Crippen molar-refractivity contribution in [2.24, 2.45) is 5.92 Å². The van der Waals surface area contributed by atoms with Crippen molar-refractivity contribution in [3.05, 3.63) is 47.3 Å². The Morgan fingerprint density at radius 2 is 1.76 bits per heavy atom. The van der Waals surface area contributed by atoms with Crippen LogP contribution in [0.2, 0.25) is 0 Å². The van der Waals surface area contributed by atoms with Crippen LogP contribution in [0.5, 0.6) is 0 Å². The SMILES string of the molecule is S=C1[N]C(C2CCc3ccccc3CC2)=CN1. The summed E-state index contributed by atoms with van der Waals surface area (Å²) in [4.78, 5) is 0. The van der Waals surface area contributed by atoms with Gasteiger partial charge in [0.2, 0.25) is 0 Å². The maximum absolute atomic E-state index is 5.04. The third-order valence-corrected chi connectivity index (χ3v) is 3.84. The van der Waals surface area contributed by atoms with Gasteiger partial charge in [0.25, 0.3) is 0 Å². The summed E-state index contributed by atoms with van der Waals surface area (Å²) in [5, 5.41) is 8.02. The van der Waals surface area contributed by atoms with Crippen LogP contribution in [0.1, 0.15) is 24.0 Å². The zero-order valence-electron chi connectivity index (χ0n) is 9.65. The molecule has 0 saturated carbocycles. The number of allylic oxidation sites excluding steroid dienone is 1. The smallest absolute Gasteiger partial charge is 0.197 e. The lowest BCUT2D eigenvalue weighted by Gasteiger charge is -2.13. The van der Waals surface area contributed by atoms with Gasteiger partial charge in [-0.05, 0) is 49.0 Å².